The number of ether oxygens (including phenoxy) is 1. The fourth-order valence-electron chi connectivity index (χ4n) is 8.72. The Hall–Kier alpha value is -2.11. The van der Waals surface area contributed by atoms with Crippen molar-refractivity contribution in [2.45, 2.75) is 140 Å². The summed E-state index contributed by atoms with van der Waals surface area (Å²) >= 11 is 0. The van der Waals surface area contributed by atoms with E-state index >= 15 is 13.2 Å². The first kappa shape index (κ1) is 34.2. The molecule has 0 unspecified atom stereocenters. The first-order valence-electron chi connectivity index (χ1n) is 18.0. The van der Waals surface area contributed by atoms with Gasteiger partial charge in [0.05, 0.1) is 12.6 Å². The van der Waals surface area contributed by atoms with E-state index < -0.39 is 24.5 Å². The number of aryl methyl sites for hydroxylation is 1. The van der Waals surface area contributed by atoms with Crippen LogP contribution in [0.4, 0.5) is 22.0 Å². The summed E-state index contributed by atoms with van der Waals surface area (Å²) in [7, 11) is 0. The Labute approximate surface area is 267 Å². The summed E-state index contributed by atoms with van der Waals surface area (Å²) in [6, 6.07) is 9.81. The molecule has 0 amide bonds. The molecule has 5 rings (SSSR count). The Morgan fingerprint density at radius 3 is 2.00 bits per heavy atom. The van der Waals surface area contributed by atoms with Gasteiger partial charge >= 0.3 is 6.11 Å². The average Bonchev–Trinajstić information content (AvgIpc) is 3.05. The van der Waals surface area contributed by atoms with Crippen molar-refractivity contribution in [2.24, 2.45) is 23.7 Å². The third kappa shape index (κ3) is 9.04. The molecule has 3 fully saturated rings. The monoisotopic (exact) mass is 632 g/mol. The molecule has 0 aliphatic heterocycles. The van der Waals surface area contributed by atoms with Crippen molar-refractivity contribution in [2.75, 3.05) is 6.67 Å². The highest BCUT2D eigenvalue weighted by molar-refractivity contribution is 5.31. The van der Waals surface area contributed by atoms with Crippen LogP contribution in [0, 0.1) is 35.3 Å². The van der Waals surface area contributed by atoms with Gasteiger partial charge in [-0.2, -0.15) is 8.78 Å². The second kappa shape index (κ2) is 16.1. The maximum atomic E-state index is 15.4. The van der Waals surface area contributed by atoms with Crippen molar-refractivity contribution in [3.05, 3.63) is 64.7 Å². The predicted octanol–water partition coefficient (Wildman–Crippen LogP) is 12.5. The SMILES string of the molecule is CCCCCC1CCC(c2ccc(C3CCC(C4CCC(C(F)(F)Oc5ccc(CCCF)c(F)c5)CC4)CC3)c(F)c2)CC1. The summed E-state index contributed by atoms with van der Waals surface area (Å²) in [4.78, 5) is 0. The van der Waals surface area contributed by atoms with Crippen LogP contribution in [-0.2, 0) is 6.42 Å². The largest absolute Gasteiger partial charge is 0.432 e. The van der Waals surface area contributed by atoms with E-state index in [-0.39, 0.29) is 30.3 Å². The fourth-order valence-corrected chi connectivity index (χ4v) is 8.72. The van der Waals surface area contributed by atoms with Gasteiger partial charge in [0.1, 0.15) is 17.4 Å². The number of unbranched alkanes of at least 4 members (excludes halogenated alkanes) is 2. The van der Waals surface area contributed by atoms with E-state index in [4.69, 9.17) is 4.74 Å². The summed E-state index contributed by atoms with van der Waals surface area (Å²) in [6.07, 6.45) is 13.4. The molecule has 45 heavy (non-hydrogen) atoms. The topological polar surface area (TPSA) is 9.23 Å². The van der Waals surface area contributed by atoms with Crippen LogP contribution in [0.3, 0.4) is 0 Å². The quantitative estimate of drug-likeness (QED) is 0.158. The number of alkyl halides is 3. The average molecular weight is 633 g/mol. The minimum absolute atomic E-state index is 0.0435. The number of halogens is 5. The normalized spacial score (nSPS) is 27.8. The van der Waals surface area contributed by atoms with E-state index in [1.165, 1.54) is 69.1 Å². The Morgan fingerprint density at radius 1 is 0.711 bits per heavy atom. The molecule has 3 aliphatic carbocycles. The van der Waals surface area contributed by atoms with E-state index in [2.05, 4.69) is 19.1 Å². The third-order valence-electron chi connectivity index (χ3n) is 11.5. The Bertz CT molecular complexity index is 1190. The maximum Gasteiger partial charge on any atom is 0.400 e. The minimum Gasteiger partial charge on any atom is -0.432 e. The van der Waals surface area contributed by atoms with E-state index in [1.54, 1.807) is 0 Å². The Balaban J connectivity index is 1.06. The molecule has 0 N–H and O–H groups in total. The molecular weight excluding hydrogens is 579 g/mol. The fraction of sp³-hybridized carbons (Fsp3) is 0.692. The Morgan fingerprint density at radius 2 is 1.38 bits per heavy atom. The van der Waals surface area contributed by atoms with Gasteiger partial charge < -0.3 is 4.74 Å². The number of hydrogen-bond acceptors (Lipinski definition) is 1. The van der Waals surface area contributed by atoms with Crippen LogP contribution in [0.2, 0.25) is 0 Å². The third-order valence-corrected chi connectivity index (χ3v) is 11.5. The molecule has 6 heteroatoms. The van der Waals surface area contributed by atoms with Crippen molar-refractivity contribution in [3.8, 4) is 5.75 Å². The van der Waals surface area contributed by atoms with Gasteiger partial charge in [-0.05, 0) is 148 Å². The van der Waals surface area contributed by atoms with Crippen molar-refractivity contribution in [1.82, 2.24) is 0 Å². The highest BCUT2D eigenvalue weighted by Crippen LogP contribution is 2.47. The van der Waals surface area contributed by atoms with Gasteiger partial charge in [-0.25, -0.2) is 8.78 Å². The Kier molecular flexibility index (Phi) is 12.3. The van der Waals surface area contributed by atoms with Gasteiger partial charge in [0.15, 0.2) is 0 Å². The van der Waals surface area contributed by atoms with Crippen LogP contribution in [-0.4, -0.2) is 12.8 Å². The second-order valence-electron chi connectivity index (χ2n) is 14.4. The standard InChI is InChI=1S/C39H53F5O/c1-2-3-4-6-27-8-10-30(11-9-27)33-19-23-36(38(42)25-33)31-14-12-28(13-15-31)29-16-20-34(21-17-29)39(43,44)45-35-22-18-32(7-5-24-40)37(41)26-35/h18-19,22-23,25-31,34H,2-17,20-21,24H2,1H3. The summed E-state index contributed by atoms with van der Waals surface area (Å²) in [5.41, 5.74) is 2.34. The van der Waals surface area contributed by atoms with Gasteiger partial charge in [-0.3, -0.25) is 4.39 Å². The molecule has 3 aliphatic rings. The summed E-state index contributed by atoms with van der Waals surface area (Å²) < 4.78 is 77.3. The summed E-state index contributed by atoms with van der Waals surface area (Å²) in [6.45, 7) is 1.71. The molecule has 250 valence electrons. The van der Waals surface area contributed by atoms with Crippen molar-refractivity contribution in [3.63, 3.8) is 0 Å². The lowest BCUT2D eigenvalue weighted by Crippen LogP contribution is -2.38. The first-order valence-corrected chi connectivity index (χ1v) is 18.0. The molecular formula is C39H53F5O. The van der Waals surface area contributed by atoms with Crippen molar-refractivity contribution < 1.29 is 26.7 Å². The highest BCUT2D eigenvalue weighted by Gasteiger charge is 2.45. The van der Waals surface area contributed by atoms with Gasteiger partial charge in [0.25, 0.3) is 0 Å². The zero-order valence-electron chi connectivity index (χ0n) is 27.2. The lowest BCUT2D eigenvalue weighted by Gasteiger charge is -2.39. The van der Waals surface area contributed by atoms with E-state index in [0.717, 1.165) is 56.1 Å². The molecule has 0 bridgehead atoms. The van der Waals surface area contributed by atoms with E-state index in [0.29, 0.717) is 36.2 Å². The summed E-state index contributed by atoms with van der Waals surface area (Å²) in [5, 5.41) is 0. The molecule has 0 radical (unpaired) electrons. The first-order chi connectivity index (χ1) is 21.8. The predicted molar refractivity (Wildman–Crippen MR) is 172 cm³/mol. The number of hydrogen-bond donors (Lipinski definition) is 0. The van der Waals surface area contributed by atoms with Crippen LogP contribution >= 0.6 is 0 Å². The van der Waals surface area contributed by atoms with Gasteiger partial charge in [0, 0.05) is 6.07 Å². The number of rotatable bonds is 13. The molecule has 2 aromatic rings. The van der Waals surface area contributed by atoms with Crippen molar-refractivity contribution >= 4 is 0 Å². The lowest BCUT2D eigenvalue weighted by molar-refractivity contribution is -0.224. The molecule has 3 saturated carbocycles. The molecule has 2 aromatic carbocycles. The van der Waals surface area contributed by atoms with Crippen LogP contribution in [0.5, 0.6) is 5.75 Å². The van der Waals surface area contributed by atoms with Crippen LogP contribution in [0.25, 0.3) is 0 Å². The molecule has 0 atom stereocenters. The highest BCUT2D eigenvalue weighted by atomic mass is 19.3. The smallest absolute Gasteiger partial charge is 0.400 e. The molecule has 0 saturated heterocycles. The maximum absolute atomic E-state index is 15.4. The van der Waals surface area contributed by atoms with Crippen LogP contribution in [0.15, 0.2) is 36.4 Å². The minimum atomic E-state index is -3.37. The molecule has 0 spiro atoms. The van der Waals surface area contributed by atoms with Crippen LogP contribution < -0.4 is 4.74 Å². The van der Waals surface area contributed by atoms with E-state index in [9.17, 15) is 8.78 Å². The van der Waals surface area contributed by atoms with E-state index in [1.807, 2.05) is 6.07 Å². The second-order valence-corrected chi connectivity index (χ2v) is 14.4. The van der Waals surface area contributed by atoms with Crippen molar-refractivity contribution in [1.29, 1.82) is 0 Å². The van der Waals surface area contributed by atoms with Gasteiger partial charge in [-0.1, -0.05) is 50.8 Å². The lowest BCUT2D eigenvalue weighted by atomic mass is 9.68. The van der Waals surface area contributed by atoms with Gasteiger partial charge in [-0.15, -0.1) is 0 Å². The zero-order chi connectivity index (χ0) is 31.8. The molecule has 0 aromatic heterocycles. The zero-order valence-corrected chi connectivity index (χ0v) is 27.2. The number of benzene rings is 2. The molecule has 1 nitrogen and oxygen atoms in total. The van der Waals surface area contributed by atoms with Gasteiger partial charge in [0.2, 0.25) is 0 Å². The molecule has 0 heterocycles. The summed E-state index contributed by atoms with van der Waals surface area (Å²) in [5.74, 6) is 0.714. The van der Waals surface area contributed by atoms with Crippen LogP contribution in [0.1, 0.15) is 145 Å².